The second-order valence-corrected chi connectivity index (χ2v) is 5.71. The van der Waals surface area contributed by atoms with E-state index in [1.807, 2.05) is 13.8 Å². The maximum Gasteiger partial charge on any atom is 0.234 e. The van der Waals surface area contributed by atoms with Gasteiger partial charge in [-0.05, 0) is 31.1 Å². The fraction of sp³-hybridized carbons (Fsp3) is 0.909. The third kappa shape index (κ3) is 4.11. The van der Waals surface area contributed by atoms with Crippen LogP contribution in [0.1, 0.15) is 33.1 Å². The summed E-state index contributed by atoms with van der Waals surface area (Å²) in [5, 5.41) is 12.3. The lowest BCUT2D eigenvalue weighted by atomic mass is 10.1. The standard InChI is InChI=1S/C11H20BrNO2/c1-7(2)10(12)11(15)13-6-8-3-4-9(14)5-8/h7-10,14H,3-6H2,1-2H3,(H,13,15). The van der Waals surface area contributed by atoms with Gasteiger partial charge in [0.15, 0.2) is 0 Å². The molecular weight excluding hydrogens is 258 g/mol. The van der Waals surface area contributed by atoms with Gasteiger partial charge in [0.25, 0.3) is 0 Å². The SMILES string of the molecule is CC(C)C(Br)C(=O)NCC1CCC(O)C1. The van der Waals surface area contributed by atoms with Gasteiger partial charge in [-0.2, -0.15) is 0 Å². The Labute approximate surface area is 99.8 Å². The number of rotatable bonds is 4. The Bertz CT molecular complexity index is 221. The van der Waals surface area contributed by atoms with E-state index in [2.05, 4.69) is 21.2 Å². The first-order valence-electron chi connectivity index (χ1n) is 5.60. The number of aliphatic hydroxyl groups is 1. The van der Waals surface area contributed by atoms with Crippen molar-refractivity contribution in [2.24, 2.45) is 11.8 Å². The zero-order chi connectivity index (χ0) is 11.4. The van der Waals surface area contributed by atoms with Crippen molar-refractivity contribution in [2.75, 3.05) is 6.54 Å². The maximum absolute atomic E-state index is 11.6. The van der Waals surface area contributed by atoms with Crippen LogP contribution in [-0.2, 0) is 4.79 Å². The second kappa shape index (κ2) is 5.85. The third-order valence-corrected chi connectivity index (χ3v) is 4.39. The fourth-order valence-electron chi connectivity index (χ4n) is 1.88. The molecule has 0 saturated heterocycles. The minimum absolute atomic E-state index is 0.0615. The van der Waals surface area contributed by atoms with Crippen molar-refractivity contribution < 1.29 is 9.90 Å². The van der Waals surface area contributed by atoms with Crippen LogP contribution in [0.25, 0.3) is 0 Å². The summed E-state index contributed by atoms with van der Waals surface area (Å²) in [6, 6.07) is 0. The summed E-state index contributed by atoms with van der Waals surface area (Å²) in [5.41, 5.74) is 0. The molecular formula is C11H20BrNO2. The highest BCUT2D eigenvalue weighted by Gasteiger charge is 2.24. The Morgan fingerprint density at radius 2 is 2.20 bits per heavy atom. The molecule has 0 radical (unpaired) electrons. The van der Waals surface area contributed by atoms with E-state index in [0.29, 0.717) is 18.4 Å². The molecule has 1 fully saturated rings. The van der Waals surface area contributed by atoms with E-state index < -0.39 is 0 Å². The highest BCUT2D eigenvalue weighted by molar-refractivity contribution is 9.10. The summed E-state index contributed by atoms with van der Waals surface area (Å²) in [6.07, 6.45) is 2.57. The molecule has 0 heterocycles. The van der Waals surface area contributed by atoms with Crippen molar-refractivity contribution in [1.82, 2.24) is 5.32 Å². The van der Waals surface area contributed by atoms with E-state index in [9.17, 15) is 9.90 Å². The van der Waals surface area contributed by atoms with Crippen LogP contribution < -0.4 is 5.32 Å². The highest BCUT2D eigenvalue weighted by Crippen LogP contribution is 2.24. The molecule has 4 heteroatoms. The summed E-state index contributed by atoms with van der Waals surface area (Å²) in [6.45, 7) is 4.72. The van der Waals surface area contributed by atoms with Gasteiger partial charge in [0.1, 0.15) is 0 Å². The largest absolute Gasteiger partial charge is 0.393 e. The average Bonchev–Trinajstić information content (AvgIpc) is 2.59. The van der Waals surface area contributed by atoms with Crippen molar-refractivity contribution in [3.63, 3.8) is 0 Å². The van der Waals surface area contributed by atoms with E-state index in [1.165, 1.54) is 0 Å². The summed E-state index contributed by atoms with van der Waals surface area (Å²) < 4.78 is 0. The van der Waals surface area contributed by atoms with Crippen LogP contribution in [0.3, 0.4) is 0 Å². The summed E-state index contributed by atoms with van der Waals surface area (Å²) in [5.74, 6) is 0.821. The van der Waals surface area contributed by atoms with Gasteiger partial charge in [0.2, 0.25) is 5.91 Å². The lowest BCUT2D eigenvalue weighted by molar-refractivity contribution is -0.121. The van der Waals surface area contributed by atoms with Gasteiger partial charge < -0.3 is 10.4 Å². The quantitative estimate of drug-likeness (QED) is 0.769. The van der Waals surface area contributed by atoms with Crippen LogP contribution in [0.15, 0.2) is 0 Å². The molecule has 0 aromatic heterocycles. The molecule has 3 nitrogen and oxygen atoms in total. The summed E-state index contributed by atoms with van der Waals surface area (Å²) in [4.78, 5) is 11.5. The van der Waals surface area contributed by atoms with Crippen molar-refractivity contribution in [3.05, 3.63) is 0 Å². The molecule has 88 valence electrons. The molecule has 0 aliphatic heterocycles. The monoisotopic (exact) mass is 277 g/mol. The molecule has 0 bridgehead atoms. The molecule has 3 atom stereocenters. The Morgan fingerprint density at radius 3 is 2.67 bits per heavy atom. The Balaban J connectivity index is 2.22. The van der Waals surface area contributed by atoms with Crippen LogP contribution in [0.5, 0.6) is 0 Å². The van der Waals surface area contributed by atoms with Crippen LogP contribution in [-0.4, -0.2) is 28.5 Å². The van der Waals surface area contributed by atoms with Crippen LogP contribution in [0.2, 0.25) is 0 Å². The lowest BCUT2D eigenvalue weighted by Gasteiger charge is -2.16. The highest BCUT2D eigenvalue weighted by atomic mass is 79.9. The molecule has 3 unspecified atom stereocenters. The van der Waals surface area contributed by atoms with Crippen molar-refractivity contribution >= 4 is 21.8 Å². The lowest BCUT2D eigenvalue weighted by Crippen LogP contribution is -2.36. The van der Waals surface area contributed by atoms with Crippen molar-refractivity contribution in [1.29, 1.82) is 0 Å². The molecule has 1 aliphatic carbocycles. The first-order valence-corrected chi connectivity index (χ1v) is 6.52. The molecule has 1 saturated carbocycles. The fourth-order valence-corrected chi connectivity index (χ4v) is 2.04. The molecule has 1 amide bonds. The minimum atomic E-state index is -0.156. The number of carbonyl (C=O) groups excluding carboxylic acids is 1. The second-order valence-electron chi connectivity index (χ2n) is 4.72. The Hall–Kier alpha value is -0.0900. The molecule has 2 N–H and O–H groups in total. The van der Waals surface area contributed by atoms with Crippen LogP contribution in [0.4, 0.5) is 0 Å². The van der Waals surface area contributed by atoms with E-state index >= 15 is 0 Å². The first-order chi connectivity index (χ1) is 7.00. The zero-order valence-corrected chi connectivity index (χ0v) is 11.0. The summed E-state index contributed by atoms with van der Waals surface area (Å²) >= 11 is 3.37. The van der Waals surface area contributed by atoms with Gasteiger partial charge in [-0.1, -0.05) is 29.8 Å². The topological polar surface area (TPSA) is 49.3 Å². The molecule has 1 aliphatic rings. The molecule has 0 aromatic carbocycles. The van der Waals surface area contributed by atoms with Crippen molar-refractivity contribution in [2.45, 2.75) is 44.0 Å². The van der Waals surface area contributed by atoms with E-state index in [0.717, 1.165) is 19.3 Å². The number of hydrogen-bond donors (Lipinski definition) is 2. The van der Waals surface area contributed by atoms with E-state index in [-0.39, 0.29) is 16.8 Å². The Kier molecular flexibility index (Phi) is 5.06. The molecule has 1 rings (SSSR count). The van der Waals surface area contributed by atoms with Gasteiger partial charge in [-0.15, -0.1) is 0 Å². The number of aliphatic hydroxyl groups excluding tert-OH is 1. The van der Waals surface area contributed by atoms with Gasteiger partial charge >= 0.3 is 0 Å². The van der Waals surface area contributed by atoms with Crippen LogP contribution >= 0.6 is 15.9 Å². The predicted octanol–water partition coefficient (Wildman–Crippen LogP) is 1.68. The predicted molar refractivity (Wildman–Crippen MR) is 63.9 cm³/mol. The maximum atomic E-state index is 11.6. The van der Waals surface area contributed by atoms with E-state index in [1.54, 1.807) is 0 Å². The Morgan fingerprint density at radius 1 is 1.53 bits per heavy atom. The van der Waals surface area contributed by atoms with Gasteiger partial charge in [-0.3, -0.25) is 4.79 Å². The first kappa shape index (κ1) is 13.0. The molecule has 15 heavy (non-hydrogen) atoms. The number of alkyl halides is 1. The minimum Gasteiger partial charge on any atom is -0.393 e. The number of nitrogens with one attached hydrogen (secondary N) is 1. The van der Waals surface area contributed by atoms with E-state index in [4.69, 9.17) is 0 Å². The number of halogens is 1. The average molecular weight is 278 g/mol. The smallest absolute Gasteiger partial charge is 0.234 e. The van der Waals surface area contributed by atoms with Gasteiger partial charge in [0.05, 0.1) is 10.9 Å². The zero-order valence-electron chi connectivity index (χ0n) is 9.37. The van der Waals surface area contributed by atoms with Crippen molar-refractivity contribution in [3.8, 4) is 0 Å². The van der Waals surface area contributed by atoms with Gasteiger partial charge in [-0.25, -0.2) is 0 Å². The third-order valence-electron chi connectivity index (χ3n) is 2.91. The van der Waals surface area contributed by atoms with Crippen LogP contribution in [0, 0.1) is 11.8 Å². The van der Waals surface area contributed by atoms with Gasteiger partial charge in [0, 0.05) is 6.54 Å². The number of carbonyl (C=O) groups is 1. The normalized spacial score (nSPS) is 28.1. The molecule has 0 aromatic rings. The number of hydrogen-bond acceptors (Lipinski definition) is 2. The number of amides is 1. The summed E-state index contributed by atoms with van der Waals surface area (Å²) in [7, 11) is 0. The molecule has 0 spiro atoms.